The van der Waals surface area contributed by atoms with Gasteiger partial charge >= 0.3 is 6.18 Å². The highest BCUT2D eigenvalue weighted by Crippen LogP contribution is 2.32. The van der Waals surface area contributed by atoms with Crippen molar-refractivity contribution in [2.75, 3.05) is 0 Å². The van der Waals surface area contributed by atoms with E-state index in [4.69, 9.17) is 0 Å². The zero-order valence-electron chi connectivity index (χ0n) is 13.9. The van der Waals surface area contributed by atoms with Gasteiger partial charge in [-0.25, -0.2) is 9.67 Å². The van der Waals surface area contributed by atoms with Gasteiger partial charge in [-0.2, -0.15) is 18.3 Å². The van der Waals surface area contributed by atoms with Crippen LogP contribution in [0.5, 0.6) is 0 Å². The number of hydrogen-bond acceptors (Lipinski definition) is 5. The normalized spacial score (nSPS) is 12.0. The topological polar surface area (TPSA) is 47.8 Å². The fourth-order valence-electron chi connectivity index (χ4n) is 2.77. The molecular formula is C18H12F3N3OS2. The number of hydrogen-bond donors (Lipinski definition) is 0. The number of halogens is 3. The number of aromatic nitrogens is 3. The molecule has 4 rings (SSSR count). The summed E-state index contributed by atoms with van der Waals surface area (Å²) in [5.41, 5.74) is 0.104. The summed E-state index contributed by atoms with van der Waals surface area (Å²) >= 11 is 2.86. The summed E-state index contributed by atoms with van der Waals surface area (Å²) in [4.78, 5) is 18.0. The van der Waals surface area contributed by atoms with Crippen LogP contribution in [0.3, 0.4) is 0 Å². The van der Waals surface area contributed by atoms with E-state index in [0.29, 0.717) is 21.5 Å². The highest BCUT2D eigenvalue weighted by atomic mass is 32.1. The number of alkyl halides is 3. The Bertz CT molecular complexity index is 1180. The number of fused-ring (bicyclic) bond motifs is 1. The van der Waals surface area contributed by atoms with Gasteiger partial charge in [0.05, 0.1) is 26.7 Å². The first-order valence-electron chi connectivity index (χ1n) is 7.91. The molecule has 0 aliphatic carbocycles. The quantitative estimate of drug-likeness (QED) is 0.482. The molecule has 0 spiro atoms. The van der Waals surface area contributed by atoms with Gasteiger partial charge in [-0.1, -0.05) is 18.2 Å². The highest BCUT2D eigenvalue weighted by Gasteiger charge is 2.30. The minimum absolute atomic E-state index is 0.0619. The van der Waals surface area contributed by atoms with Crippen LogP contribution in [0.1, 0.15) is 16.1 Å². The zero-order valence-corrected chi connectivity index (χ0v) is 15.6. The van der Waals surface area contributed by atoms with Gasteiger partial charge in [0.1, 0.15) is 5.69 Å². The molecule has 0 aliphatic heterocycles. The third-order valence-corrected chi connectivity index (χ3v) is 5.80. The Balaban J connectivity index is 1.86. The Morgan fingerprint density at radius 1 is 1.19 bits per heavy atom. The molecule has 4 aromatic rings. The largest absolute Gasteiger partial charge is 0.416 e. The van der Waals surface area contributed by atoms with Gasteiger partial charge < -0.3 is 0 Å². The van der Waals surface area contributed by atoms with E-state index in [1.807, 2.05) is 17.5 Å². The Hall–Kier alpha value is -2.52. The second-order valence-electron chi connectivity index (χ2n) is 5.90. The van der Waals surface area contributed by atoms with Crippen LogP contribution in [0.15, 0.2) is 46.6 Å². The molecule has 138 valence electrons. The van der Waals surface area contributed by atoms with Crippen molar-refractivity contribution in [3.8, 4) is 10.6 Å². The molecule has 0 unspecified atom stereocenters. The lowest BCUT2D eigenvalue weighted by Crippen LogP contribution is -2.24. The molecule has 0 fully saturated rings. The van der Waals surface area contributed by atoms with Gasteiger partial charge in [-0.05, 0) is 36.1 Å². The van der Waals surface area contributed by atoms with E-state index in [1.165, 1.54) is 33.4 Å². The zero-order chi connectivity index (χ0) is 19.2. The predicted molar refractivity (Wildman–Crippen MR) is 100 cm³/mol. The average Bonchev–Trinajstić information content (AvgIpc) is 3.26. The number of benzene rings is 1. The van der Waals surface area contributed by atoms with Crippen LogP contribution in [0.2, 0.25) is 0 Å². The maximum absolute atomic E-state index is 13.0. The van der Waals surface area contributed by atoms with Crippen LogP contribution in [0.25, 0.3) is 20.8 Å². The highest BCUT2D eigenvalue weighted by molar-refractivity contribution is 7.20. The molecule has 0 aliphatic rings. The first kappa shape index (κ1) is 17.9. The average molecular weight is 407 g/mol. The first-order chi connectivity index (χ1) is 12.8. The van der Waals surface area contributed by atoms with E-state index in [0.717, 1.165) is 22.0 Å². The van der Waals surface area contributed by atoms with Crippen molar-refractivity contribution < 1.29 is 13.2 Å². The van der Waals surface area contributed by atoms with Gasteiger partial charge in [-0.3, -0.25) is 4.79 Å². The molecule has 0 saturated heterocycles. The van der Waals surface area contributed by atoms with Crippen molar-refractivity contribution in [1.82, 2.24) is 14.8 Å². The lowest BCUT2D eigenvalue weighted by Gasteiger charge is -2.10. The third kappa shape index (κ3) is 3.40. The first-order valence-corrected chi connectivity index (χ1v) is 9.61. The summed E-state index contributed by atoms with van der Waals surface area (Å²) in [5.74, 6) is 0. The SMILES string of the molecule is Cc1nc2c(=O)n(Cc3cccc(C(F)(F)F)c3)nc(-c3cccs3)c2s1. The van der Waals surface area contributed by atoms with Crippen LogP contribution < -0.4 is 5.56 Å². The smallest absolute Gasteiger partial charge is 0.265 e. The molecule has 0 atom stereocenters. The van der Waals surface area contributed by atoms with Crippen molar-refractivity contribution in [1.29, 1.82) is 0 Å². The lowest BCUT2D eigenvalue weighted by molar-refractivity contribution is -0.137. The van der Waals surface area contributed by atoms with Gasteiger partial charge in [0.25, 0.3) is 5.56 Å². The minimum Gasteiger partial charge on any atom is -0.265 e. The molecule has 1 aromatic carbocycles. The number of nitrogens with zero attached hydrogens (tertiary/aromatic N) is 3. The molecule has 0 saturated carbocycles. The molecule has 0 N–H and O–H groups in total. The van der Waals surface area contributed by atoms with Crippen molar-refractivity contribution >= 4 is 32.9 Å². The van der Waals surface area contributed by atoms with Crippen molar-refractivity contribution in [2.45, 2.75) is 19.6 Å². The molecule has 0 radical (unpaired) electrons. The van der Waals surface area contributed by atoms with Crippen molar-refractivity contribution in [3.63, 3.8) is 0 Å². The van der Waals surface area contributed by atoms with E-state index in [9.17, 15) is 18.0 Å². The van der Waals surface area contributed by atoms with Crippen LogP contribution in [0, 0.1) is 6.92 Å². The fourth-order valence-corrected chi connectivity index (χ4v) is 4.46. The Morgan fingerprint density at radius 2 is 2.00 bits per heavy atom. The maximum atomic E-state index is 13.0. The van der Waals surface area contributed by atoms with Gasteiger partial charge in [0.2, 0.25) is 0 Å². The second kappa shape index (κ2) is 6.58. The summed E-state index contributed by atoms with van der Waals surface area (Å²) in [6.45, 7) is 1.74. The molecule has 4 nitrogen and oxygen atoms in total. The number of thiophene rings is 1. The van der Waals surface area contributed by atoms with E-state index < -0.39 is 17.3 Å². The summed E-state index contributed by atoms with van der Waals surface area (Å²) in [6.07, 6.45) is -4.44. The minimum atomic E-state index is -4.44. The molecule has 9 heteroatoms. The monoisotopic (exact) mass is 407 g/mol. The summed E-state index contributed by atoms with van der Waals surface area (Å²) < 4.78 is 40.7. The van der Waals surface area contributed by atoms with Crippen LogP contribution >= 0.6 is 22.7 Å². The van der Waals surface area contributed by atoms with E-state index in [-0.39, 0.29) is 6.54 Å². The standard InChI is InChI=1S/C18H12F3N3OS2/c1-10-22-15-16(27-10)14(13-6-3-7-26-13)23-24(17(15)25)9-11-4-2-5-12(8-11)18(19,20)21/h2-8H,9H2,1H3. The Kier molecular flexibility index (Phi) is 4.35. The van der Waals surface area contributed by atoms with E-state index in [2.05, 4.69) is 10.1 Å². The maximum Gasteiger partial charge on any atom is 0.416 e. The number of rotatable bonds is 3. The van der Waals surface area contributed by atoms with Gasteiger partial charge in [0, 0.05) is 0 Å². The second-order valence-corrected chi connectivity index (χ2v) is 8.05. The summed E-state index contributed by atoms with van der Waals surface area (Å²) in [5, 5.41) is 7.08. The van der Waals surface area contributed by atoms with Crippen LogP contribution in [0.4, 0.5) is 13.2 Å². The third-order valence-electron chi connectivity index (χ3n) is 3.95. The molecule has 3 aromatic heterocycles. The van der Waals surface area contributed by atoms with Crippen LogP contribution in [-0.4, -0.2) is 14.8 Å². The number of thiazole rings is 1. The van der Waals surface area contributed by atoms with Gasteiger partial charge in [-0.15, -0.1) is 22.7 Å². The van der Waals surface area contributed by atoms with Crippen LogP contribution in [-0.2, 0) is 12.7 Å². The lowest BCUT2D eigenvalue weighted by atomic mass is 10.1. The summed E-state index contributed by atoms with van der Waals surface area (Å²) in [7, 11) is 0. The Morgan fingerprint density at radius 3 is 2.70 bits per heavy atom. The van der Waals surface area contributed by atoms with Crippen molar-refractivity contribution in [2.24, 2.45) is 0 Å². The summed E-state index contributed by atoms with van der Waals surface area (Å²) in [6, 6.07) is 8.68. The van der Waals surface area contributed by atoms with Gasteiger partial charge in [0.15, 0.2) is 5.52 Å². The van der Waals surface area contributed by atoms with E-state index >= 15 is 0 Å². The molecular weight excluding hydrogens is 395 g/mol. The fraction of sp³-hybridized carbons (Fsp3) is 0.167. The molecule has 0 bridgehead atoms. The molecule has 3 heterocycles. The Labute approximate surface area is 159 Å². The van der Waals surface area contributed by atoms with E-state index in [1.54, 1.807) is 13.0 Å². The molecule has 0 amide bonds. The molecule has 27 heavy (non-hydrogen) atoms. The van der Waals surface area contributed by atoms with Crippen molar-refractivity contribution in [3.05, 3.63) is 68.3 Å². The predicted octanol–water partition coefficient (Wildman–Crippen LogP) is 4.96. The number of aryl methyl sites for hydroxylation is 1.